The van der Waals surface area contributed by atoms with Crippen LogP contribution in [0, 0.1) is 17.0 Å². The van der Waals surface area contributed by atoms with Gasteiger partial charge in [-0.15, -0.1) is 0 Å². The second-order valence-corrected chi connectivity index (χ2v) is 5.00. The van der Waals surface area contributed by atoms with E-state index in [1.807, 2.05) is 18.6 Å². The first-order valence-corrected chi connectivity index (χ1v) is 7.08. The molecule has 0 atom stereocenters. The van der Waals surface area contributed by atoms with Gasteiger partial charge in [-0.2, -0.15) is 0 Å². The number of nitrogens with one attached hydrogen (secondary N) is 1. The molecular formula is C15H20N4O2. The number of rotatable bonds is 8. The molecule has 0 aliphatic carbocycles. The standard InChI is InChI=1S/C15H20N4O2/c1-13-14(5-4-6-15(13)19(20)21)11-16-7-2-3-9-18-10-8-17-12-18/h4-6,8,10,12,16H,2-3,7,9,11H2,1H3. The second kappa shape index (κ2) is 7.54. The van der Waals surface area contributed by atoms with E-state index >= 15 is 0 Å². The van der Waals surface area contributed by atoms with Crippen molar-refractivity contribution < 1.29 is 4.92 Å². The lowest BCUT2D eigenvalue weighted by atomic mass is 10.1. The van der Waals surface area contributed by atoms with Gasteiger partial charge >= 0.3 is 0 Å². The quantitative estimate of drug-likeness (QED) is 0.460. The first-order chi connectivity index (χ1) is 10.2. The normalized spacial score (nSPS) is 10.7. The highest BCUT2D eigenvalue weighted by Crippen LogP contribution is 2.20. The third kappa shape index (κ3) is 4.39. The van der Waals surface area contributed by atoms with Crippen LogP contribution in [-0.4, -0.2) is 21.0 Å². The molecule has 0 radical (unpaired) electrons. The minimum atomic E-state index is -0.329. The van der Waals surface area contributed by atoms with Crippen LogP contribution in [0.2, 0.25) is 0 Å². The molecule has 21 heavy (non-hydrogen) atoms. The Morgan fingerprint density at radius 1 is 1.38 bits per heavy atom. The first-order valence-electron chi connectivity index (χ1n) is 7.08. The summed E-state index contributed by atoms with van der Waals surface area (Å²) in [4.78, 5) is 14.6. The zero-order valence-electron chi connectivity index (χ0n) is 12.2. The maximum Gasteiger partial charge on any atom is 0.272 e. The maximum absolute atomic E-state index is 10.9. The van der Waals surface area contributed by atoms with Gasteiger partial charge in [0.2, 0.25) is 0 Å². The molecule has 0 fully saturated rings. The summed E-state index contributed by atoms with van der Waals surface area (Å²) in [6.07, 6.45) is 7.70. The van der Waals surface area contributed by atoms with E-state index < -0.39 is 0 Å². The highest BCUT2D eigenvalue weighted by atomic mass is 16.6. The Labute approximate surface area is 124 Å². The Hall–Kier alpha value is -2.21. The van der Waals surface area contributed by atoms with Gasteiger partial charge in [0, 0.05) is 37.1 Å². The smallest absolute Gasteiger partial charge is 0.272 e. The van der Waals surface area contributed by atoms with E-state index in [2.05, 4.69) is 14.9 Å². The number of aryl methyl sites for hydroxylation is 1. The molecule has 0 aliphatic rings. The molecule has 0 spiro atoms. The summed E-state index contributed by atoms with van der Waals surface area (Å²) < 4.78 is 2.06. The van der Waals surface area contributed by atoms with Crippen LogP contribution < -0.4 is 5.32 Å². The minimum Gasteiger partial charge on any atom is -0.337 e. The molecule has 0 saturated carbocycles. The highest BCUT2D eigenvalue weighted by Gasteiger charge is 2.12. The van der Waals surface area contributed by atoms with Gasteiger partial charge in [0.05, 0.1) is 11.3 Å². The fourth-order valence-corrected chi connectivity index (χ4v) is 2.25. The van der Waals surface area contributed by atoms with Crippen molar-refractivity contribution in [2.75, 3.05) is 6.54 Å². The summed E-state index contributed by atoms with van der Waals surface area (Å²) >= 11 is 0. The largest absolute Gasteiger partial charge is 0.337 e. The van der Waals surface area contributed by atoms with E-state index in [0.29, 0.717) is 6.54 Å². The van der Waals surface area contributed by atoms with Gasteiger partial charge in [0.15, 0.2) is 0 Å². The van der Waals surface area contributed by atoms with E-state index in [-0.39, 0.29) is 10.6 Å². The molecule has 112 valence electrons. The number of hydrogen-bond acceptors (Lipinski definition) is 4. The molecule has 0 saturated heterocycles. The Bertz CT molecular complexity index is 581. The highest BCUT2D eigenvalue weighted by molar-refractivity contribution is 5.44. The number of unbranched alkanes of at least 4 members (excludes halogenated alkanes) is 1. The monoisotopic (exact) mass is 288 g/mol. The fourth-order valence-electron chi connectivity index (χ4n) is 2.25. The molecule has 2 aromatic rings. The zero-order valence-corrected chi connectivity index (χ0v) is 12.2. The van der Waals surface area contributed by atoms with E-state index in [0.717, 1.165) is 37.1 Å². The Balaban J connectivity index is 1.71. The van der Waals surface area contributed by atoms with E-state index in [1.165, 1.54) is 0 Å². The summed E-state index contributed by atoms with van der Waals surface area (Å²) in [7, 11) is 0. The average Bonchev–Trinajstić information content (AvgIpc) is 2.97. The minimum absolute atomic E-state index is 0.189. The second-order valence-electron chi connectivity index (χ2n) is 5.00. The lowest BCUT2D eigenvalue weighted by molar-refractivity contribution is -0.385. The maximum atomic E-state index is 10.9. The molecule has 6 nitrogen and oxygen atoms in total. The van der Waals surface area contributed by atoms with E-state index in [1.54, 1.807) is 25.3 Å². The Kier molecular flexibility index (Phi) is 5.45. The lowest BCUT2D eigenvalue weighted by Gasteiger charge is -2.08. The number of nitrogens with zero attached hydrogens (tertiary/aromatic N) is 3. The first kappa shape index (κ1) is 15.2. The molecule has 1 N–H and O–H groups in total. The molecule has 6 heteroatoms. The summed E-state index contributed by atoms with van der Waals surface area (Å²) in [5.41, 5.74) is 1.92. The molecular weight excluding hydrogens is 268 g/mol. The third-order valence-corrected chi connectivity index (χ3v) is 3.51. The molecule has 0 aliphatic heterocycles. The molecule has 1 aromatic heterocycles. The third-order valence-electron chi connectivity index (χ3n) is 3.51. The summed E-state index contributed by atoms with van der Waals surface area (Å²) in [6.45, 7) is 4.33. The molecule has 0 amide bonds. The topological polar surface area (TPSA) is 73.0 Å². The summed E-state index contributed by atoms with van der Waals surface area (Å²) in [6, 6.07) is 5.21. The van der Waals surface area contributed by atoms with E-state index in [9.17, 15) is 10.1 Å². The average molecular weight is 288 g/mol. The predicted octanol–water partition coefficient (Wildman–Crippen LogP) is 2.67. The van der Waals surface area contributed by atoms with Crippen LogP contribution in [0.15, 0.2) is 36.9 Å². The summed E-state index contributed by atoms with van der Waals surface area (Å²) in [5, 5.41) is 14.2. The molecule has 0 unspecified atom stereocenters. The molecule has 2 rings (SSSR count). The van der Waals surface area contributed by atoms with Gasteiger partial charge in [-0.1, -0.05) is 12.1 Å². The molecule has 1 heterocycles. The van der Waals surface area contributed by atoms with Crippen LogP contribution in [0.25, 0.3) is 0 Å². The van der Waals surface area contributed by atoms with Crippen molar-refractivity contribution >= 4 is 5.69 Å². The van der Waals surface area contributed by atoms with Crippen molar-refractivity contribution in [3.63, 3.8) is 0 Å². The number of benzene rings is 1. The number of aromatic nitrogens is 2. The Morgan fingerprint density at radius 2 is 2.24 bits per heavy atom. The van der Waals surface area contributed by atoms with Crippen LogP contribution >= 0.6 is 0 Å². The fraction of sp³-hybridized carbons (Fsp3) is 0.400. The van der Waals surface area contributed by atoms with Crippen LogP contribution in [0.4, 0.5) is 5.69 Å². The van der Waals surface area contributed by atoms with Gasteiger partial charge in [-0.25, -0.2) is 4.98 Å². The van der Waals surface area contributed by atoms with Crippen LogP contribution in [0.5, 0.6) is 0 Å². The Morgan fingerprint density at radius 3 is 2.95 bits per heavy atom. The number of hydrogen-bond donors (Lipinski definition) is 1. The van der Waals surface area contributed by atoms with Crippen molar-refractivity contribution in [3.05, 3.63) is 58.2 Å². The van der Waals surface area contributed by atoms with Gasteiger partial charge < -0.3 is 9.88 Å². The van der Waals surface area contributed by atoms with Gasteiger partial charge in [0.1, 0.15) is 0 Å². The van der Waals surface area contributed by atoms with Crippen LogP contribution in [0.1, 0.15) is 24.0 Å². The number of nitro groups is 1. The van der Waals surface area contributed by atoms with Gasteiger partial charge in [0.25, 0.3) is 5.69 Å². The van der Waals surface area contributed by atoms with Gasteiger partial charge in [-0.05, 0) is 31.9 Å². The molecule has 1 aromatic carbocycles. The van der Waals surface area contributed by atoms with Crippen molar-refractivity contribution in [1.82, 2.24) is 14.9 Å². The van der Waals surface area contributed by atoms with Crippen LogP contribution in [-0.2, 0) is 13.1 Å². The summed E-state index contributed by atoms with van der Waals surface area (Å²) in [5.74, 6) is 0. The van der Waals surface area contributed by atoms with Gasteiger partial charge in [-0.3, -0.25) is 10.1 Å². The van der Waals surface area contributed by atoms with Crippen molar-refractivity contribution in [2.45, 2.75) is 32.9 Å². The van der Waals surface area contributed by atoms with Crippen molar-refractivity contribution in [1.29, 1.82) is 0 Å². The molecule has 0 bridgehead atoms. The van der Waals surface area contributed by atoms with Crippen molar-refractivity contribution in [2.24, 2.45) is 0 Å². The van der Waals surface area contributed by atoms with E-state index in [4.69, 9.17) is 0 Å². The number of imidazole rings is 1. The zero-order chi connectivity index (χ0) is 15.1. The SMILES string of the molecule is Cc1c(CNCCCCn2ccnc2)cccc1[N+](=O)[O-]. The van der Waals surface area contributed by atoms with Crippen LogP contribution in [0.3, 0.4) is 0 Å². The lowest BCUT2D eigenvalue weighted by Crippen LogP contribution is -2.16. The van der Waals surface area contributed by atoms with Crippen molar-refractivity contribution in [3.8, 4) is 0 Å². The number of nitro benzene ring substituents is 1. The predicted molar refractivity (Wildman–Crippen MR) is 81.0 cm³/mol.